The van der Waals surface area contributed by atoms with Gasteiger partial charge in [-0.3, -0.25) is 9.59 Å². The van der Waals surface area contributed by atoms with Gasteiger partial charge in [-0.15, -0.1) is 0 Å². The van der Waals surface area contributed by atoms with Crippen molar-refractivity contribution in [3.63, 3.8) is 0 Å². The van der Waals surface area contributed by atoms with Crippen LogP contribution in [0.1, 0.15) is 52.9 Å². The van der Waals surface area contributed by atoms with Gasteiger partial charge in [0.15, 0.2) is 5.76 Å². The average Bonchev–Trinajstić information content (AvgIpc) is 3.45. The SMILES string of the molecule is COc1ccc(NC(=O)c2ccc(COc3ccc4c(c3)[C@@H](c3ccccc3)N(C(=O)C(C)C)CC4)o2)cc1. The molecule has 2 heterocycles. The summed E-state index contributed by atoms with van der Waals surface area (Å²) in [4.78, 5) is 27.7. The molecule has 1 N–H and O–H groups in total. The first-order valence-corrected chi connectivity index (χ1v) is 13.1. The lowest BCUT2D eigenvalue weighted by atomic mass is 9.87. The van der Waals surface area contributed by atoms with Crippen molar-refractivity contribution in [2.75, 3.05) is 19.0 Å². The Hall–Kier alpha value is -4.52. The number of fused-ring (bicyclic) bond motifs is 1. The number of hydrogen-bond acceptors (Lipinski definition) is 5. The summed E-state index contributed by atoms with van der Waals surface area (Å²) in [7, 11) is 1.59. The number of methoxy groups -OCH3 is 1. The minimum absolute atomic E-state index is 0.0905. The van der Waals surface area contributed by atoms with Gasteiger partial charge in [0, 0.05) is 18.2 Å². The summed E-state index contributed by atoms with van der Waals surface area (Å²) in [6, 6.07) is 26.4. The molecule has 0 saturated carbocycles. The van der Waals surface area contributed by atoms with Gasteiger partial charge in [0.25, 0.3) is 5.91 Å². The summed E-state index contributed by atoms with van der Waals surface area (Å²) in [6.45, 7) is 4.72. The third kappa shape index (κ3) is 5.82. The van der Waals surface area contributed by atoms with E-state index in [0.717, 1.165) is 17.5 Å². The van der Waals surface area contributed by atoms with Crippen LogP contribution in [0.25, 0.3) is 0 Å². The second kappa shape index (κ2) is 11.5. The number of rotatable bonds is 8. The summed E-state index contributed by atoms with van der Waals surface area (Å²) in [6.07, 6.45) is 0.794. The maximum absolute atomic E-state index is 13.1. The number of carbonyl (C=O) groups is 2. The molecule has 0 spiro atoms. The number of anilines is 1. The van der Waals surface area contributed by atoms with Crippen LogP contribution >= 0.6 is 0 Å². The molecule has 2 amide bonds. The molecule has 200 valence electrons. The standard InChI is InChI=1S/C32H32N2O5/c1-21(2)32(36)34-18-17-22-9-12-26(19-28(22)30(34)23-7-5-4-6-8-23)38-20-27-15-16-29(39-27)31(35)33-24-10-13-25(37-3)14-11-24/h4-16,19,21,30H,17-18,20H2,1-3H3,(H,33,35)/t30-/m1/s1. The van der Waals surface area contributed by atoms with E-state index in [-0.39, 0.29) is 36.1 Å². The van der Waals surface area contributed by atoms with Crippen molar-refractivity contribution in [1.29, 1.82) is 0 Å². The normalized spacial score (nSPS) is 14.6. The lowest BCUT2D eigenvalue weighted by Crippen LogP contribution is -2.42. The lowest BCUT2D eigenvalue weighted by Gasteiger charge is -2.39. The van der Waals surface area contributed by atoms with Gasteiger partial charge in [-0.1, -0.05) is 50.2 Å². The number of ether oxygens (including phenoxy) is 2. The van der Waals surface area contributed by atoms with Gasteiger partial charge in [0.1, 0.15) is 23.9 Å². The first-order valence-electron chi connectivity index (χ1n) is 13.1. The van der Waals surface area contributed by atoms with Gasteiger partial charge in [-0.2, -0.15) is 0 Å². The highest BCUT2D eigenvalue weighted by molar-refractivity contribution is 6.02. The summed E-state index contributed by atoms with van der Waals surface area (Å²) in [5.41, 5.74) is 3.99. The van der Waals surface area contributed by atoms with E-state index in [0.29, 0.717) is 29.5 Å². The van der Waals surface area contributed by atoms with Gasteiger partial charge in [0.2, 0.25) is 5.91 Å². The molecule has 1 aliphatic rings. The molecule has 0 aliphatic carbocycles. The third-order valence-corrected chi connectivity index (χ3v) is 6.85. The minimum Gasteiger partial charge on any atom is -0.497 e. The first-order chi connectivity index (χ1) is 18.9. The van der Waals surface area contributed by atoms with Gasteiger partial charge >= 0.3 is 0 Å². The zero-order chi connectivity index (χ0) is 27.4. The molecule has 1 aliphatic heterocycles. The number of furan rings is 1. The van der Waals surface area contributed by atoms with Crippen LogP contribution in [0.2, 0.25) is 0 Å². The Kier molecular flexibility index (Phi) is 7.68. The molecule has 3 aromatic carbocycles. The Morgan fingerprint density at radius 3 is 2.44 bits per heavy atom. The van der Waals surface area contributed by atoms with Crippen molar-refractivity contribution in [1.82, 2.24) is 4.90 Å². The van der Waals surface area contributed by atoms with Crippen molar-refractivity contribution in [3.05, 3.63) is 113 Å². The Labute approximate surface area is 228 Å². The Balaban J connectivity index is 1.30. The molecule has 0 fully saturated rings. The zero-order valence-corrected chi connectivity index (χ0v) is 22.3. The van der Waals surface area contributed by atoms with E-state index < -0.39 is 0 Å². The van der Waals surface area contributed by atoms with E-state index in [1.807, 2.05) is 49.1 Å². The van der Waals surface area contributed by atoms with Crippen molar-refractivity contribution in [2.45, 2.75) is 32.9 Å². The first kappa shape index (κ1) is 26.1. The number of amides is 2. The van der Waals surface area contributed by atoms with Crippen LogP contribution in [-0.4, -0.2) is 30.4 Å². The molecular formula is C32H32N2O5. The van der Waals surface area contributed by atoms with Gasteiger partial charge in [-0.25, -0.2) is 0 Å². The largest absolute Gasteiger partial charge is 0.497 e. The van der Waals surface area contributed by atoms with Crippen LogP contribution in [-0.2, 0) is 17.8 Å². The predicted octanol–water partition coefficient (Wildman–Crippen LogP) is 6.25. The summed E-state index contributed by atoms with van der Waals surface area (Å²) in [5.74, 6) is 1.81. The second-order valence-electron chi connectivity index (χ2n) is 9.85. The molecule has 0 radical (unpaired) electrons. The van der Waals surface area contributed by atoms with E-state index in [9.17, 15) is 9.59 Å². The highest BCUT2D eigenvalue weighted by atomic mass is 16.5. The molecule has 39 heavy (non-hydrogen) atoms. The van der Waals surface area contributed by atoms with Gasteiger partial charge in [-0.05, 0) is 71.6 Å². The minimum atomic E-state index is -0.346. The predicted molar refractivity (Wildman–Crippen MR) is 149 cm³/mol. The fraction of sp³-hybridized carbons (Fsp3) is 0.250. The molecular weight excluding hydrogens is 492 g/mol. The number of benzene rings is 3. The molecule has 4 aromatic rings. The highest BCUT2D eigenvalue weighted by Gasteiger charge is 2.33. The van der Waals surface area contributed by atoms with Crippen LogP contribution in [0.15, 0.2) is 89.3 Å². The summed E-state index contributed by atoms with van der Waals surface area (Å²) >= 11 is 0. The maximum Gasteiger partial charge on any atom is 0.291 e. The molecule has 7 nitrogen and oxygen atoms in total. The van der Waals surface area contributed by atoms with Crippen LogP contribution in [0.4, 0.5) is 5.69 Å². The van der Waals surface area contributed by atoms with Crippen molar-refractivity contribution >= 4 is 17.5 Å². The van der Waals surface area contributed by atoms with Gasteiger partial charge < -0.3 is 24.1 Å². The van der Waals surface area contributed by atoms with E-state index in [1.54, 1.807) is 43.5 Å². The monoisotopic (exact) mass is 524 g/mol. The number of carbonyl (C=O) groups excluding carboxylic acids is 2. The Morgan fingerprint density at radius 1 is 0.974 bits per heavy atom. The van der Waals surface area contributed by atoms with Crippen LogP contribution in [0, 0.1) is 5.92 Å². The quantitative estimate of drug-likeness (QED) is 0.295. The van der Waals surface area contributed by atoms with Crippen LogP contribution in [0.5, 0.6) is 11.5 Å². The Morgan fingerprint density at radius 2 is 1.72 bits per heavy atom. The van der Waals surface area contributed by atoms with E-state index in [2.05, 4.69) is 23.5 Å². The molecule has 7 heteroatoms. The fourth-order valence-corrected chi connectivity index (χ4v) is 4.85. The van der Waals surface area contributed by atoms with E-state index in [4.69, 9.17) is 13.9 Å². The fourth-order valence-electron chi connectivity index (χ4n) is 4.85. The average molecular weight is 525 g/mol. The number of hydrogen-bond donors (Lipinski definition) is 1. The zero-order valence-electron chi connectivity index (χ0n) is 22.3. The second-order valence-corrected chi connectivity index (χ2v) is 9.85. The number of nitrogens with zero attached hydrogens (tertiary/aromatic N) is 1. The van der Waals surface area contributed by atoms with Crippen LogP contribution in [0.3, 0.4) is 0 Å². The van der Waals surface area contributed by atoms with Crippen molar-refractivity contribution in [3.8, 4) is 11.5 Å². The van der Waals surface area contributed by atoms with E-state index >= 15 is 0 Å². The molecule has 1 aromatic heterocycles. The molecule has 0 unspecified atom stereocenters. The van der Waals surface area contributed by atoms with Crippen LogP contribution < -0.4 is 14.8 Å². The highest BCUT2D eigenvalue weighted by Crippen LogP contribution is 2.38. The summed E-state index contributed by atoms with van der Waals surface area (Å²) in [5, 5.41) is 2.81. The molecule has 1 atom stereocenters. The van der Waals surface area contributed by atoms with Crippen molar-refractivity contribution in [2.24, 2.45) is 5.92 Å². The van der Waals surface area contributed by atoms with E-state index in [1.165, 1.54) is 5.56 Å². The lowest BCUT2D eigenvalue weighted by molar-refractivity contribution is -0.136. The topological polar surface area (TPSA) is 81.0 Å². The third-order valence-electron chi connectivity index (χ3n) is 6.85. The molecule has 0 bridgehead atoms. The maximum atomic E-state index is 13.1. The Bertz CT molecular complexity index is 1440. The van der Waals surface area contributed by atoms with Gasteiger partial charge in [0.05, 0.1) is 13.2 Å². The smallest absolute Gasteiger partial charge is 0.291 e. The number of nitrogens with one attached hydrogen (secondary N) is 1. The van der Waals surface area contributed by atoms with Crippen molar-refractivity contribution < 1.29 is 23.5 Å². The molecule has 5 rings (SSSR count). The molecule has 0 saturated heterocycles. The summed E-state index contributed by atoms with van der Waals surface area (Å²) < 4.78 is 17.0.